The molecule has 0 amide bonds. The van der Waals surface area contributed by atoms with E-state index in [2.05, 4.69) is 26.9 Å². The number of rotatable bonds is 3. The van der Waals surface area contributed by atoms with E-state index in [0.717, 1.165) is 13.0 Å². The molecular formula is C8H10N4S. The fourth-order valence-electron chi connectivity index (χ4n) is 1.10. The average Bonchev–Trinajstić information content (AvgIpc) is 2.71. The lowest BCUT2D eigenvalue weighted by atomic mass is 10.2. The molecule has 0 aromatic carbocycles. The summed E-state index contributed by atoms with van der Waals surface area (Å²) in [5.41, 5.74) is 6.72. The summed E-state index contributed by atoms with van der Waals surface area (Å²) in [5, 5.41) is 8.21. The van der Waals surface area contributed by atoms with Crippen LogP contribution in [0.3, 0.4) is 0 Å². The fourth-order valence-corrected chi connectivity index (χ4v) is 1.80. The van der Waals surface area contributed by atoms with Gasteiger partial charge in [-0.15, -0.1) is 5.10 Å². The van der Waals surface area contributed by atoms with Gasteiger partial charge in [0, 0.05) is 6.54 Å². The van der Waals surface area contributed by atoms with E-state index in [0.29, 0.717) is 5.95 Å². The lowest BCUT2D eigenvalue weighted by Crippen LogP contribution is -2.01. The molecule has 0 bridgehead atoms. The van der Waals surface area contributed by atoms with Gasteiger partial charge in [0.1, 0.15) is 6.33 Å². The molecule has 0 saturated carbocycles. The van der Waals surface area contributed by atoms with Crippen molar-refractivity contribution in [2.45, 2.75) is 13.0 Å². The van der Waals surface area contributed by atoms with E-state index >= 15 is 0 Å². The van der Waals surface area contributed by atoms with Gasteiger partial charge in [0.15, 0.2) is 0 Å². The minimum atomic E-state index is 0.338. The Morgan fingerprint density at radius 2 is 2.46 bits per heavy atom. The van der Waals surface area contributed by atoms with Crippen molar-refractivity contribution in [3.63, 3.8) is 0 Å². The molecule has 0 aliphatic rings. The summed E-state index contributed by atoms with van der Waals surface area (Å²) < 4.78 is 1.76. The van der Waals surface area contributed by atoms with Crippen LogP contribution in [0.4, 0.5) is 5.95 Å². The van der Waals surface area contributed by atoms with Crippen molar-refractivity contribution >= 4 is 17.3 Å². The van der Waals surface area contributed by atoms with E-state index in [1.54, 1.807) is 22.3 Å². The Bertz CT molecular complexity index is 365. The monoisotopic (exact) mass is 194 g/mol. The Balaban J connectivity index is 1.93. The number of thiophene rings is 1. The smallest absolute Gasteiger partial charge is 0.239 e. The maximum atomic E-state index is 5.39. The van der Waals surface area contributed by atoms with Crippen LogP contribution in [0.1, 0.15) is 5.56 Å². The van der Waals surface area contributed by atoms with Crippen molar-refractivity contribution in [3.05, 3.63) is 28.7 Å². The first-order chi connectivity index (χ1) is 6.34. The highest BCUT2D eigenvalue weighted by molar-refractivity contribution is 7.07. The summed E-state index contributed by atoms with van der Waals surface area (Å²) in [5.74, 6) is 0.338. The van der Waals surface area contributed by atoms with Gasteiger partial charge in [0.25, 0.3) is 0 Å². The third-order valence-electron chi connectivity index (χ3n) is 1.76. The molecule has 0 atom stereocenters. The largest absolute Gasteiger partial charge is 0.367 e. The lowest BCUT2D eigenvalue weighted by Gasteiger charge is -1.97. The minimum absolute atomic E-state index is 0.338. The summed E-state index contributed by atoms with van der Waals surface area (Å²) in [6, 6.07) is 2.12. The molecule has 0 saturated heterocycles. The molecule has 2 N–H and O–H groups in total. The van der Waals surface area contributed by atoms with Gasteiger partial charge in [-0.1, -0.05) is 0 Å². The second kappa shape index (κ2) is 3.57. The Labute approximate surface area is 80.0 Å². The van der Waals surface area contributed by atoms with Crippen molar-refractivity contribution < 1.29 is 0 Å². The van der Waals surface area contributed by atoms with E-state index in [4.69, 9.17) is 5.73 Å². The third kappa shape index (κ3) is 2.06. The van der Waals surface area contributed by atoms with Crippen LogP contribution in [0.15, 0.2) is 23.2 Å². The van der Waals surface area contributed by atoms with Gasteiger partial charge in [-0.3, -0.25) is 4.68 Å². The van der Waals surface area contributed by atoms with Crippen molar-refractivity contribution in [3.8, 4) is 0 Å². The standard InChI is InChI=1S/C8H10N4S/c9-8-10-6-12(11-8)3-1-7-2-4-13-5-7/h2,4-6H,1,3H2,(H2,9,11). The molecule has 2 aromatic rings. The SMILES string of the molecule is Nc1ncn(CCc2ccsc2)n1. The number of nitrogen functional groups attached to an aromatic ring is 1. The molecule has 13 heavy (non-hydrogen) atoms. The average molecular weight is 194 g/mol. The van der Waals surface area contributed by atoms with Crippen LogP contribution in [0.25, 0.3) is 0 Å². The first-order valence-corrected chi connectivity index (χ1v) is 4.95. The zero-order chi connectivity index (χ0) is 9.10. The molecule has 68 valence electrons. The van der Waals surface area contributed by atoms with E-state index < -0.39 is 0 Å². The Kier molecular flexibility index (Phi) is 2.27. The Morgan fingerprint density at radius 1 is 1.54 bits per heavy atom. The highest BCUT2D eigenvalue weighted by Gasteiger charge is 1.97. The van der Waals surface area contributed by atoms with Gasteiger partial charge in [-0.25, -0.2) is 4.98 Å². The number of nitrogens with zero attached hydrogens (tertiary/aromatic N) is 3. The van der Waals surface area contributed by atoms with Crippen LogP contribution in [-0.2, 0) is 13.0 Å². The summed E-state index contributed by atoms with van der Waals surface area (Å²) >= 11 is 1.71. The molecule has 0 spiro atoms. The molecular weight excluding hydrogens is 184 g/mol. The maximum Gasteiger partial charge on any atom is 0.239 e. The first-order valence-electron chi connectivity index (χ1n) is 4.00. The van der Waals surface area contributed by atoms with Crippen LogP contribution < -0.4 is 5.73 Å². The van der Waals surface area contributed by atoms with Crippen molar-refractivity contribution in [2.24, 2.45) is 0 Å². The van der Waals surface area contributed by atoms with Gasteiger partial charge < -0.3 is 5.73 Å². The van der Waals surface area contributed by atoms with Gasteiger partial charge in [-0.2, -0.15) is 11.3 Å². The number of hydrogen-bond donors (Lipinski definition) is 1. The number of aromatic nitrogens is 3. The fraction of sp³-hybridized carbons (Fsp3) is 0.250. The van der Waals surface area contributed by atoms with Gasteiger partial charge in [-0.05, 0) is 28.8 Å². The Hall–Kier alpha value is -1.36. The van der Waals surface area contributed by atoms with E-state index in [-0.39, 0.29) is 0 Å². The quantitative estimate of drug-likeness (QED) is 0.797. The second-order valence-corrected chi connectivity index (χ2v) is 3.53. The minimum Gasteiger partial charge on any atom is -0.367 e. The summed E-state index contributed by atoms with van der Waals surface area (Å²) in [7, 11) is 0. The number of hydrogen-bond acceptors (Lipinski definition) is 4. The highest BCUT2D eigenvalue weighted by atomic mass is 32.1. The molecule has 0 radical (unpaired) electrons. The summed E-state index contributed by atoms with van der Waals surface area (Å²) in [6.45, 7) is 0.834. The molecule has 0 fully saturated rings. The maximum absolute atomic E-state index is 5.39. The summed E-state index contributed by atoms with van der Waals surface area (Å²) in [6.07, 6.45) is 2.63. The van der Waals surface area contributed by atoms with Gasteiger partial charge in [0.2, 0.25) is 5.95 Å². The lowest BCUT2D eigenvalue weighted by molar-refractivity contribution is 0.616. The van der Waals surface area contributed by atoms with Gasteiger partial charge >= 0.3 is 0 Å². The topological polar surface area (TPSA) is 56.7 Å². The number of anilines is 1. The molecule has 0 aliphatic heterocycles. The van der Waals surface area contributed by atoms with Crippen LogP contribution in [-0.4, -0.2) is 14.8 Å². The molecule has 0 unspecified atom stereocenters. The predicted octanol–water partition coefficient (Wildman–Crippen LogP) is 1.16. The number of nitrogens with two attached hydrogens (primary N) is 1. The van der Waals surface area contributed by atoms with E-state index in [9.17, 15) is 0 Å². The van der Waals surface area contributed by atoms with E-state index in [1.165, 1.54) is 5.56 Å². The van der Waals surface area contributed by atoms with Crippen molar-refractivity contribution in [1.29, 1.82) is 0 Å². The van der Waals surface area contributed by atoms with Crippen LogP contribution >= 0.6 is 11.3 Å². The molecule has 0 aliphatic carbocycles. The first kappa shape index (κ1) is 8.25. The van der Waals surface area contributed by atoms with E-state index in [1.807, 2.05) is 0 Å². The molecule has 2 aromatic heterocycles. The van der Waals surface area contributed by atoms with Crippen LogP contribution in [0, 0.1) is 0 Å². The van der Waals surface area contributed by atoms with Gasteiger partial charge in [0.05, 0.1) is 0 Å². The van der Waals surface area contributed by atoms with Crippen LogP contribution in [0.2, 0.25) is 0 Å². The van der Waals surface area contributed by atoms with Crippen molar-refractivity contribution in [2.75, 3.05) is 5.73 Å². The molecule has 2 heterocycles. The zero-order valence-electron chi connectivity index (χ0n) is 7.05. The molecule has 4 nitrogen and oxygen atoms in total. The zero-order valence-corrected chi connectivity index (χ0v) is 7.87. The summed E-state index contributed by atoms with van der Waals surface area (Å²) in [4.78, 5) is 3.85. The molecule has 5 heteroatoms. The third-order valence-corrected chi connectivity index (χ3v) is 2.50. The predicted molar refractivity (Wildman–Crippen MR) is 52.5 cm³/mol. The Morgan fingerprint density at radius 3 is 3.08 bits per heavy atom. The van der Waals surface area contributed by atoms with Crippen LogP contribution in [0.5, 0.6) is 0 Å². The van der Waals surface area contributed by atoms with Crippen molar-refractivity contribution in [1.82, 2.24) is 14.8 Å². The normalized spacial score (nSPS) is 10.5. The molecule has 2 rings (SSSR count). The highest BCUT2D eigenvalue weighted by Crippen LogP contribution is 2.07. The number of aryl methyl sites for hydroxylation is 2. The second-order valence-electron chi connectivity index (χ2n) is 2.75.